The van der Waals surface area contributed by atoms with Gasteiger partial charge in [-0.1, -0.05) is 0 Å². The molecule has 0 radical (unpaired) electrons. The number of carbonyl (C=O) groups is 2. The van der Waals surface area contributed by atoms with Gasteiger partial charge in [-0.2, -0.15) is 0 Å². The Labute approximate surface area is 111 Å². The lowest BCUT2D eigenvalue weighted by Gasteiger charge is -2.28. The first-order chi connectivity index (χ1) is 9.12. The molecule has 2 aliphatic carbocycles. The fourth-order valence-corrected chi connectivity index (χ4v) is 2.53. The molecule has 0 atom stereocenters. The molecule has 2 N–H and O–H groups in total. The number of aromatic nitrogens is 1. The van der Waals surface area contributed by atoms with E-state index in [-0.39, 0.29) is 12.5 Å². The van der Waals surface area contributed by atoms with Crippen molar-refractivity contribution in [3.05, 3.63) is 24.0 Å². The summed E-state index contributed by atoms with van der Waals surface area (Å²) in [7, 11) is 0. The Bertz CT molecular complexity index is 513. The summed E-state index contributed by atoms with van der Waals surface area (Å²) in [5, 5.41) is 11.9. The van der Waals surface area contributed by atoms with E-state index in [9.17, 15) is 9.59 Å². The van der Waals surface area contributed by atoms with E-state index < -0.39 is 11.4 Å². The van der Waals surface area contributed by atoms with Crippen LogP contribution in [0.25, 0.3) is 0 Å². The zero-order valence-electron chi connectivity index (χ0n) is 10.8. The van der Waals surface area contributed by atoms with Crippen molar-refractivity contribution in [3.63, 3.8) is 0 Å². The fourth-order valence-electron chi connectivity index (χ4n) is 2.53. The van der Waals surface area contributed by atoms with E-state index in [1.165, 1.54) is 6.42 Å². The third kappa shape index (κ3) is 2.13. The Morgan fingerprint density at radius 2 is 2.16 bits per heavy atom. The van der Waals surface area contributed by atoms with E-state index in [0.717, 1.165) is 12.8 Å². The maximum Gasteiger partial charge on any atom is 0.311 e. The Hall–Kier alpha value is -1.78. The van der Waals surface area contributed by atoms with E-state index in [0.29, 0.717) is 24.6 Å². The maximum atomic E-state index is 12.1. The van der Waals surface area contributed by atoms with E-state index in [1.54, 1.807) is 6.07 Å². The standard InChI is InChI=1S/C14H18N2O3/c17-12(15-9-14(6-7-14)13(18)19)11-5-2-8-16(11)10-3-1-4-10/h2,5,8,10H,1,3-4,6-7,9H2,(H,15,17)(H,18,19). The minimum absolute atomic E-state index is 0.163. The average molecular weight is 262 g/mol. The van der Waals surface area contributed by atoms with Crippen LogP contribution in [-0.4, -0.2) is 28.1 Å². The molecule has 3 rings (SSSR count). The van der Waals surface area contributed by atoms with Crippen LogP contribution in [0.15, 0.2) is 18.3 Å². The van der Waals surface area contributed by atoms with Crippen LogP contribution in [0.1, 0.15) is 48.6 Å². The highest BCUT2D eigenvalue weighted by Gasteiger charge is 2.50. The van der Waals surface area contributed by atoms with Gasteiger partial charge in [-0.05, 0) is 44.2 Å². The molecular formula is C14H18N2O3. The van der Waals surface area contributed by atoms with Gasteiger partial charge in [0.25, 0.3) is 5.91 Å². The van der Waals surface area contributed by atoms with Crippen LogP contribution in [0.5, 0.6) is 0 Å². The van der Waals surface area contributed by atoms with Crippen LogP contribution in [0.2, 0.25) is 0 Å². The first kappa shape index (κ1) is 12.3. The Kier molecular flexibility index (Phi) is 2.84. The molecule has 2 aliphatic rings. The van der Waals surface area contributed by atoms with Crippen LogP contribution < -0.4 is 5.32 Å². The van der Waals surface area contributed by atoms with Gasteiger partial charge in [0.1, 0.15) is 5.69 Å². The molecular weight excluding hydrogens is 244 g/mol. The molecule has 0 aliphatic heterocycles. The SMILES string of the molecule is O=C(NCC1(C(=O)O)CC1)c1cccn1C1CCC1. The normalized spacial score (nSPS) is 20.6. The predicted octanol–water partition coefficient (Wildman–Crippen LogP) is 1.81. The largest absolute Gasteiger partial charge is 0.481 e. The van der Waals surface area contributed by atoms with E-state index >= 15 is 0 Å². The first-order valence-electron chi connectivity index (χ1n) is 6.81. The van der Waals surface area contributed by atoms with E-state index in [4.69, 9.17) is 5.11 Å². The minimum atomic E-state index is -0.804. The van der Waals surface area contributed by atoms with Crippen LogP contribution in [0, 0.1) is 5.41 Å². The second kappa shape index (κ2) is 4.40. The Balaban J connectivity index is 1.64. The number of rotatable bonds is 5. The van der Waals surface area contributed by atoms with Crippen molar-refractivity contribution in [2.45, 2.75) is 38.1 Å². The summed E-state index contributed by atoms with van der Waals surface area (Å²) in [6.07, 6.45) is 6.70. The Morgan fingerprint density at radius 1 is 1.42 bits per heavy atom. The summed E-state index contributed by atoms with van der Waals surface area (Å²) < 4.78 is 2.01. The molecule has 1 heterocycles. The zero-order valence-corrected chi connectivity index (χ0v) is 10.8. The molecule has 102 valence electrons. The summed E-state index contributed by atoms with van der Waals surface area (Å²) in [6.45, 7) is 0.233. The highest BCUT2D eigenvalue weighted by atomic mass is 16.4. The van der Waals surface area contributed by atoms with Gasteiger partial charge >= 0.3 is 5.97 Å². The first-order valence-corrected chi connectivity index (χ1v) is 6.81. The third-order valence-corrected chi connectivity index (χ3v) is 4.37. The molecule has 1 aromatic rings. The second-order valence-electron chi connectivity index (χ2n) is 5.65. The summed E-state index contributed by atoms with van der Waals surface area (Å²) >= 11 is 0. The molecule has 1 amide bonds. The topological polar surface area (TPSA) is 71.3 Å². The molecule has 0 bridgehead atoms. The highest BCUT2D eigenvalue weighted by Crippen LogP contribution is 2.45. The van der Waals surface area contributed by atoms with Gasteiger partial charge in [0, 0.05) is 18.8 Å². The van der Waals surface area contributed by atoms with Crippen LogP contribution in [0.4, 0.5) is 0 Å². The summed E-state index contributed by atoms with van der Waals surface area (Å²) in [5.41, 5.74) is -0.0605. The Morgan fingerprint density at radius 3 is 2.68 bits per heavy atom. The van der Waals surface area contributed by atoms with E-state index in [2.05, 4.69) is 5.32 Å². The summed E-state index contributed by atoms with van der Waals surface area (Å²) in [6, 6.07) is 4.11. The van der Waals surface area contributed by atoms with Crippen molar-refractivity contribution in [1.82, 2.24) is 9.88 Å². The van der Waals surface area contributed by atoms with Crippen molar-refractivity contribution in [2.24, 2.45) is 5.41 Å². The van der Waals surface area contributed by atoms with Crippen molar-refractivity contribution < 1.29 is 14.7 Å². The van der Waals surface area contributed by atoms with Crippen molar-refractivity contribution in [2.75, 3.05) is 6.54 Å². The number of nitrogens with one attached hydrogen (secondary N) is 1. The molecule has 0 spiro atoms. The maximum absolute atomic E-state index is 12.1. The van der Waals surface area contributed by atoms with Crippen molar-refractivity contribution in [1.29, 1.82) is 0 Å². The molecule has 5 heteroatoms. The van der Waals surface area contributed by atoms with Crippen LogP contribution in [0.3, 0.4) is 0 Å². The summed E-state index contributed by atoms with van der Waals surface area (Å²) in [5.74, 6) is -0.966. The van der Waals surface area contributed by atoms with Crippen molar-refractivity contribution in [3.8, 4) is 0 Å². The average Bonchev–Trinajstić information content (AvgIpc) is 2.97. The fraction of sp³-hybridized carbons (Fsp3) is 0.571. The number of aliphatic carboxylic acids is 1. The van der Waals surface area contributed by atoms with Gasteiger partial charge in [-0.3, -0.25) is 9.59 Å². The zero-order chi connectivity index (χ0) is 13.5. The van der Waals surface area contributed by atoms with E-state index in [1.807, 2.05) is 16.8 Å². The summed E-state index contributed by atoms with van der Waals surface area (Å²) in [4.78, 5) is 23.2. The molecule has 0 unspecified atom stereocenters. The minimum Gasteiger partial charge on any atom is -0.481 e. The quantitative estimate of drug-likeness (QED) is 0.850. The molecule has 2 fully saturated rings. The number of amides is 1. The van der Waals surface area contributed by atoms with Crippen LogP contribution in [-0.2, 0) is 4.79 Å². The number of hydrogen-bond acceptors (Lipinski definition) is 2. The van der Waals surface area contributed by atoms with Gasteiger partial charge in [0.2, 0.25) is 0 Å². The van der Waals surface area contributed by atoms with Crippen molar-refractivity contribution >= 4 is 11.9 Å². The van der Waals surface area contributed by atoms with Gasteiger partial charge in [0.05, 0.1) is 5.41 Å². The number of nitrogens with zero attached hydrogens (tertiary/aromatic N) is 1. The highest BCUT2D eigenvalue weighted by molar-refractivity contribution is 5.93. The molecule has 0 aromatic carbocycles. The number of carboxylic acid groups (broad SMARTS) is 1. The van der Waals surface area contributed by atoms with Gasteiger partial charge in [0.15, 0.2) is 0 Å². The number of carboxylic acids is 1. The molecule has 1 aromatic heterocycles. The van der Waals surface area contributed by atoms with Gasteiger partial charge in [-0.25, -0.2) is 0 Å². The second-order valence-corrected chi connectivity index (χ2v) is 5.65. The van der Waals surface area contributed by atoms with Gasteiger partial charge in [-0.15, -0.1) is 0 Å². The van der Waals surface area contributed by atoms with Crippen LogP contribution >= 0.6 is 0 Å². The third-order valence-electron chi connectivity index (χ3n) is 4.37. The smallest absolute Gasteiger partial charge is 0.311 e. The lowest BCUT2D eigenvalue weighted by molar-refractivity contribution is -0.143. The molecule has 2 saturated carbocycles. The number of carbonyl (C=O) groups excluding carboxylic acids is 1. The van der Waals surface area contributed by atoms with Gasteiger partial charge < -0.3 is 15.0 Å². The molecule has 19 heavy (non-hydrogen) atoms. The number of hydrogen-bond donors (Lipinski definition) is 2. The molecule has 5 nitrogen and oxygen atoms in total. The lowest BCUT2D eigenvalue weighted by Crippen LogP contribution is -2.35. The predicted molar refractivity (Wildman–Crippen MR) is 69.0 cm³/mol. The molecule has 0 saturated heterocycles. The lowest BCUT2D eigenvalue weighted by atomic mass is 9.93. The monoisotopic (exact) mass is 262 g/mol.